The van der Waals surface area contributed by atoms with Crippen LogP contribution >= 0.6 is 23.1 Å². The minimum absolute atomic E-state index is 0.296. The van der Waals surface area contributed by atoms with Crippen molar-refractivity contribution in [2.24, 2.45) is 0 Å². The maximum Gasteiger partial charge on any atom is 0.242 e. The normalized spacial score (nSPS) is 22.8. The van der Waals surface area contributed by atoms with Crippen molar-refractivity contribution in [3.63, 3.8) is 0 Å². The maximum atomic E-state index is 12.1. The van der Waals surface area contributed by atoms with Crippen LogP contribution in [0.1, 0.15) is 26.3 Å². The topological polar surface area (TPSA) is 55.8 Å². The molecule has 1 saturated heterocycles. The van der Waals surface area contributed by atoms with Gasteiger partial charge < -0.3 is 9.47 Å². The van der Waals surface area contributed by atoms with Crippen molar-refractivity contribution >= 4 is 33.1 Å². The van der Waals surface area contributed by atoms with E-state index in [-0.39, 0.29) is 0 Å². The Hall–Kier alpha value is -0.900. The van der Waals surface area contributed by atoms with E-state index in [1.165, 1.54) is 18.4 Å². The van der Waals surface area contributed by atoms with E-state index in [9.17, 15) is 8.42 Å². The van der Waals surface area contributed by atoms with Gasteiger partial charge in [0.15, 0.2) is 5.79 Å². The van der Waals surface area contributed by atoms with Gasteiger partial charge in [0, 0.05) is 19.0 Å². The molecule has 2 aromatic rings. The van der Waals surface area contributed by atoms with Crippen LogP contribution in [0.5, 0.6) is 0 Å². The van der Waals surface area contributed by atoms with Gasteiger partial charge in [0.2, 0.25) is 10.0 Å². The first-order valence-electron chi connectivity index (χ1n) is 8.15. The van der Waals surface area contributed by atoms with E-state index in [4.69, 9.17) is 9.47 Å². The van der Waals surface area contributed by atoms with Crippen LogP contribution in [0, 0.1) is 0 Å². The van der Waals surface area contributed by atoms with Crippen molar-refractivity contribution < 1.29 is 17.9 Å². The quantitative estimate of drug-likeness (QED) is 0.737. The molecule has 142 valence electrons. The third-order valence-corrected chi connectivity index (χ3v) is 8.09. The summed E-state index contributed by atoms with van der Waals surface area (Å²) in [5.41, 5.74) is 0.657. The van der Waals surface area contributed by atoms with Crippen LogP contribution in [-0.2, 0) is 25.1 Å². The number of sulfonamides is 1. The van der Waals surface area contributed by atoms with E-state index >= 15 is 0 Å². The second-order valence-electron chi connectivity index (χ2n) is 7.04. The van der Waals surface area contributed by atoms with Crippen molar-refractivity contribution in [1.29, 1.82) is 0 Å². The van der Waals surface area contributed by atoms with Crippen molar-refractivity contribution in [2.45, 2.75) is 46.2 Å². The number of benzene rings is 1. The minimum Gasteiger partial charge on any atom is -0.347 e. The van der Waals surface area contributed by atoms with Gasteiger partial charge in [-0.1, -0.05) is 11.8 Å². The van der Waals surface area contributed by atoms with Gasteiger partial charge in [0.25, 0.3) is 0 Å². The predicted molar refractivity (Wildman–Crippen MR) is 104 cm³/mol. The highest BCUT2D eigenvalue weighted by atomic mass is 32.2. The molecule has 2 heterocycles. The molecule has 0 amide bonds. The lowest BCUT2D eigenvalue weighted by Crippen LogP contribution is -2.27. The van der Waals surface area contributed by atoms with Gasteiger partial charge >= 0.3 is 0 Å². The van der Waals surface area contributed by atoms with Gasteiger partial charge in [-0.15, -0.1) is 11.3 Å². The number of rotatable bonds is 5. The Morgan fingerprint density at radius 1 is 1.15 bits per heavy atom. The summed E-state index contributed by atoms with van der Waals surface area (Å²) >= 11 is 3.25. The summed E-state index contributed by atoms with van der Waals surface area (Å²) < 4.78 is 38.4. The summed E-state index contributed by atoms with van der Waals surface area (Å²) in [6.45, 7) is 6.41. The molecule has 0 saturated carbocycles. The van der Waals surface area contributed by atoms with E-state index in [2.05, 4.69) is 11.4 Å². The molecular weight excluding hydrogens is 390 g/mol. The van der Waals surface area contributed by atoms with Crippen molar-refractivity contribution in [3.05, 3.63) is 41.3 Å². The van der Waals surface area contributed by atoms with Crippen LogP contribution in [0.15, 0.2) is 49.7 Å². The molecule has 0 spiro atoms. The summed E-state index contributed by atoms with van der Waals surface area (Å²) in [5, 5.41) is 2.10. The molecule has 0 N–H and O–H groups in total. The Labute approximate surface area is 163 Å². The van der Waals surface area contributed by atoms with Gasteiger partial charge in [0.05, 0.1) is 15.7 Å². The number of nitrogens with zero attached hydrogens (tertiary/aromatic N) is 1. The van der Waals surface area contributed by atoms with E-state index in [0.29, 0.717) is 11.5 Å². The van der Waals surface area contributed by atoms with Crippen molar-refractivity contribution in [3.8, 4) is 0 Å². The molecule has 1 aliphatic rings. The summed E-state index contributed by atoms with van der Waals surface area (Å²) in [6.07, 6.45) is 0. The van der Waals surface area contributed by atoms with E-state index < -0.39 is 21.4 Å². The fourth-order valence-corrected chi connectivity index (χ4v) is 5.68. The van der Waals surface area contributed by atoms with Gasteiger partial charge in [-0.05, 0) is 62.0 Å². The average molecular weight is 414 g/mol. The number of thiophene rings is 1. The van der Waals surface area contributed by atoms with E-state index in [1.54, 1.807) is 35.2 Å². The lowest BCUT2D eigenvalue weighted by Gasteiger charge is -2.24. The molecule has 5 nitrogen and oxygen atoms in total. The Balaban J connectivity index is 1.74. The fourth-order valence-electron chi connectivity index (χ4n) is 2.71. The van der Waals surface area contributed by atoms with Crippen LogP contribution < -0.4 is 0 Å². The van der Waals surface area contributed by atoms with Gasteiger partial charge in [0.1, 0.15) is 5.60 Å². The SMILES string of the molecule is CN(C)S(=O)(=O)c1ccc(Sc2cc(C3(C)COC(C)(C)O3)cs2)cc1. The maximum absolute atomic E-state index is 12.1. The lowest BCUT2D eigenvalue weighted by atomic mass is 10.0. The van der Waals surface area contributed by atoms with Crippen molar-refractivity contribution in [1.82, 2.24) is 4.31 Å². The van der Waals surface area contributed by atoms with Crippen LogP contribution in [0.4, 0.5) is 0 Å². The minimum atomic E-state index is -3.40. The number of hydrogen-bond acceptors (Lipinski definition) is 6. The second-order valence-corrected chi connectivity index (χ2v) is 11.5. The number of ether oxygens (including phenoxy) is 2. The van der Waals surface area contributed by atoms with Crippen LogP contribution in [0.3, 0.4) is 0 Å². The molecule has 1 atom stereocenters. The molecule has 1 fully saturated rings. The molecular formula is C18H23NO4S3. The van der Waals surface area contributed by atoms with Gasteiger partial charge in [-0.25, -0.2) is 12.7 Å². The Kier molecular flexibility index (Phi) is 5.29. The standard InChI is InChI=1S/C18H23NO4S3/c1-17(2)22-12-18(3,23-17)13-10-16(24-11-13)25-14-6-8-15(9-7-14)26(20,21)19(4)5/h6-11H,12H2,1-5H3. The predicted octanol–water partition coefficient (Wildman–Crippen LogP) is 4.15. The highest BCUT2D eigenvalue weighted by molar-refractivity contribution is 8.01. The molecule has 0 bridgehead atoms. The Morgan fingerprint density at radius 3 is 2.35 bits per heavy atom. The van der Waals surface area contributed by atoms with Crippen LogP contribution in [-0.4, -0.2) is 39.2 Å². The summed E-state index contributed by atoms with van der Waals surface area (Å²) in [6, 6.07) is 9.07. The second kappa shape index (κ2) is 6.92. The molecule has 0 radical (unpaired) electrons. The third-order valence-electron chi connectivity index (χ3n) is 4.17. The third kappa shape index (κ3) is 4.00. The molecule has 8 heteroatoms. The van der Waals surface area contributed by atoms with E-state index in [1.807, 2.05) is 32.9 Å². The number of hydrogen-bond donors (Lipinski definition) is 0. The first-order chi connectivity index (χ1) is 12.0. The first kappa shape index (κ1) is 19.9. The molecule has 1 unspecified atom stereocenters. The molecule has 1 aromatic heterocycles. The Bertz CT molecular complexity index is 887. The zero-order valence-electron chi connectivity index (χ0n) is 15.5. The molecule has 26 heavy (non-hydrogen) atoms. The monoisotopic (exact) mass is 413 g/mol. The van der Waals surface area contributed by atoms with Gasteiger partial charge in [-0.3, -0.25) is 0 Å². The lowest BCUT2D eigenvalue weighted by molar-refractivity contribution is -0.159. The summed E-state index contributed by atoms with van der Waals surface area (Å²) in [4.78, 5) is 1.29. The fraction of sp³-hybridized carbons (Fsp3) is 0.444. The molecule has 1 aliphatic heterocycles. The Morgan fingerprint density at radius 2 is 1.81 bits per heavy atom. The van der Waals surface area contributed by atoms with Crippen LogP contribution in [0.25, 0.3) is 0 Å². The molecule has 0 aliphatic carbocycles. The van der Waals surface area contributed by atoms with Gasteiger partial charge in [-0.2, -0.15) is 0 Å². The smallest absolute Gasteiger partial charge is 0.242 e. The summed E-state index contributed by atoms with van der Waals surface area (Å²) in [7, 11) is -0.337. The average Bonchev–Trinajstić information content (AvgIpc) is 3.13. The van der Waals surface area contributed by atoms with Crippen molar-refractivity contribution in [2.75, 3.05) is 20.7 Å². The summed E-state index contributed by atoms with van der Waals surface area (Å²) in [5.74, 6) is -0.572. The zero-order valence-corrected chi connectivity index (χ0v) is 17.9. The molecule has 3 rings (SSSR count). The highest BCUT2D eigenvalue weighted by Gasteiger charge is 2.43. The first-order valence-corrected chi connectivity index (χ1v) is 11.3. The molecule has 1 aromatic carbocycles. The highest BCUT2D eigenvalue weighted by Crippen LogP contribution is 2.42. The zero-order chi connectivity index (χ0) is 19.2. The largest absolute Gasteiger partial charge is 0.347 e. The van der Waals surface area contributed by atoms with Crippen LogP contribution in [0.2, 0.25) is 0 Å². The van der Waals surface area contributed by atoms with E-state index in [0.717, 1.165) is 14.7 Å².